The van der Waals surface area contributed by atoms with Crippen molar-refractivity contribution >= 4 is 18.5 Å². The van der Waals surface area contributed by atoms with Crippen LogP contribution < -0.4 is 5.32 Å². The molecule has 0 bridgehead atoms. The summed E-state index contributed by atoms with van der Waals surface area (Å²) in [5.74, 6) is -4.02. The lowest BCUT2D eigenvalue weighted by atomic mass is 9.92. The average Bonchev–Trinajstić information content (AvgIpc) is 2.39. The highest BCUT2D eigenvalue weighted by atomic mass is 35.5. The summed E-state index contributed by atoms with van der Waals surface area (Å²) in [5, 5.41) is 1.44. The van der Waals surface area contributed by atoms with Crippen LogP contribution in [-0.2, 0) is 17.1 Å². The van der Waals surface area contributed by atoms with Crippen LogP contribution in [0, 0.1) is 0 Å². The molecule has 136 valence electrons. The van der Waals surface area contributed by atoms with Gasteiger partial charge in [0.25, 0.3) is 0 Å². The quantitative estimate of drug-likeness (QED) is 0.720. The fourth-order valence-electron chi connectivity index (χ4n) is 2.05. The van der Waals surface area contributed by atoms with E-state index in [2.05, 4.69) is 4.74 Å². The van der Waals surface area contributed by atoms with E-state index in [4.69, 9.17) is 0 Å². The first kappa shape index (κ1) is 20.3. The summed E-state index contributed by atoms with van der Waals surface area (Å²) in [6.07, 6.45) is -11.7. The molecule has 3 nitrogen and oxygen atoms in total. The second-order valence-electron chi connectivity index (χ2n) is 4.71. The number of alkyl carbamates (subject to hydrolysis) is 1. The predicted molar refractivity (Wildman–Crippen MR) is 65.9 cm³/mol. The SMILES string of the molecule is Cl.O=C1N[C@@H](c2cc(C(F)(F)F)ccc2C(F)(F)F)C(F)(F)CO1. The molecule has 1 aromatic carbocycles. The third kappa shape index (κ3) is 4.00. The molecular weight excluding hydrogens is 378 g/mol. The highest BCUT2D eigenvalue weighted by Gasteiger charge is 2.50. The normalized spacial score (nSPS) is 20.7. The summed E-state index contributed by atoms with van der Waals surface area (Å²) in [6.45, 7) is -1.54. The number of benzene rings is 1. The third-order valence-electron chi connectivity index (χ3n) is 3.08. The van der Waals surface area contributed by atoms with E-state index in [-0.39, 0.29) is 30.6 Å². The van der Waals surface area contributed by atoms with Gasteiger partial charge in [-0.05, 0) is 23.8 Å². The smallest absolute Gasteiger partial charge is 0.416 e. The first-order chi connectivity index (χ1) is 10.3. The Labute approximate surface area is 135 Å². The first-order valence-electron chi connectivity index (χ1n) is 5.92. The number of carbonyl (C=O) groups excluding carboxylic acids is 1. The van der Waals surface area contributed by atoms with Crippen LogP contribution >= 0.6 is 12.4 Å². The largest absolute Gasteiger partial charge is 0.443 e. The fraction of sp³-hybridized carbons (Fsp3) is 0.417. The van der Waals surface area contributed by atoms with Crippen LogP contribution in [0.25, 0.3) is 0 Å². The number of carbonyl (C=O) groups is 1. The topological polar surface area (TPSA) is 38.3 Å². The van der Waals surface area contributed by atoms with Crippen molar-refractivity contribution in [3.8, 4) is 0 Å². The number of hydrogen-bond donors (Lipinski definition) is 1. The van der Waals surface area contributed by atoms with E-state index in [0.29, 0.717) is 0 Å². The maximum atomic E-state index is 13.7. The second-order valence-corrected chi connectivity index (χ2v) is 4.71. The molecule has 0 radical (unpaired) electrons. The third-order valence-corrected chi connectivity index (χ3v) is 3.08. The summed E-state index contributed by atoms with van der Waals surface area (Å²) < 4.78 is 108. The molecule has 0 spiro atoms. The van der Waals surface area contributed by atoms with Crippen LogP contribution in [0.5, 0.6) is 0 Å². The predicted octanol–water partition coefficient (Wildman–Crippen LogP) is 4.56. The lowest BCUT2D eigenvalue weighted by Crippen LogP contribution is -2.50. The van der Waals surface area contributed by atoms with Crippen molar-refractivity contribution < 1.29 is 44.7 Å². The van der Waals surface area contributed by atoms with E-state index in [9.17, 15) is 39.9 Å². The van der Waals surface area contributed by atoms with E-state index >= 15 is 0 Å². The van der Waals surface area contributed by atoms with Gasteiger partial charge >= 0.3 is 24.4 Å². The molecule has 2 rings (SSSR count). The molecule has 1 amide bonds. The molecular formula is C12H8ClF8NO2. The van der Waals surface area contributed by atoms with Gasteiger partial charge in [0.2, 0.25) is 0 Å². The summed E-state index contributed by atoms with van der Waals surface area (Å²) in [5.41, 5.74) is -4.62. The van der Waals surface area contributed by atoms with Crippen molar-refractivity contribution in [1.82, 2.24) is 5.32 Å². The Hall–Kier alpha value is -1.78. The number of halogens is 9. The molecule has 0 aliphatic carbocycles. The highest BCUT2D eigenvalue weighted by molar-refractivity contribution is 5.85. The minimum atomic E-state index is -5.18. The van der Waals surface area contributed by atoms with Crippen LogP contribution in [0.15, 0.2) is 18.2 Å². The van der Waals surface area contributed by atoms with Gasteiger partial charge < -0.3 is 10.1 Å². The molecule has 1 aliphatic rings. The Balaban J connectivity index is 0.00000288. The van der Waals surface area contributed by atoms with E-state index in [1.54, 1.807) is 0 Å². The Morgan fingerprint density at radius 2 is 1.67 bits per heavy atom. The Kier molecular flexibility index (Phi) is 5.29. The number of ether oxygens (including phenoxy) is 1. The van der Waals surface area contributed by atoms with E-state index in [1.807, 2.05) is 0 Å². The van der Waals surface area contributed by atoms with Crippen LogP contribution in [0.4, 0.5) is 39.9 Å². The second kappa shape index (κ2) is 6.26. The van der Waals surface area contributed by atoms with Gasteiger partial charge in [-0.3, -0.25) is 0 Å². The van der Waals surface area contributed by atoms with Gasteiger partial charge in [0.15, 0.2) is 6.61 Å². The van der Waals surface area contributed by atoms with Crippen LogP contribution in [0.1, 0.15) is 22.7 Å². The molecule has 1 N–H and O–H groups in total. The molecule has 0 saturated carbocycles. The number of alkyl halides is 8. The summed E-state index contributed by atoms with van der Waals surface area (Å²) in [6, 6.07) is -2.46. The van der Waals surface area contributed by atoms with Gasteiger partial charge in [0.1, 0.15) is 6.04 Å². The number of nitrogens with one attached hydrogen (secondary N) is 1. The van der Waals surface area contributed by atoms with Gasteiger partial charge in [0, 0.05) is 0 Å². The maximum absolute atomic E-state index is 13.7. The van der Waals surface area contributed by atoms with Crippen LogP contribution in [0.3, 0.4) is 0 Å². The average molecular weight is 386 g/mol. The molecule has 1 aromatic rings. The number of hydrogen-bond acceptors (Lipinski definition) is 2. The van der Waals surface area contributed by atoms with Crippen molar-refractivity contribution in [2.24, 2.45) is 0 Å². The molecule has 0 unspecified atom stereocenters. The molecule has 0 aromatic heterocycles. The molecule has 1 fully saturated rings. The van der Waals surface area contributed by atoms with Crippen molar-refractivity contribution in [2.45, 2.75) is 24.3 Å². The van der Waals surface area contributed by atoms with Crippen LogP contribution in [0.2, 0.25) is 0 Å². The van der Waals surface area contributed by atoms with E-state index in [1.165, 1.54) is 5.32 Å². The summed E-state index contributed by atoms with van der Waals surface area (Å²) >= 11 is 0. The lowest BCUT2D eigenvalue weighted by molar-refractivity contribution is -0.144. The molecule has 1 atom stereocenters. The first-order valence-corrected chi connectivity index (χ1v) is 5.92. The molecule has 1 saturated heterocycles. The number of rotatable bonds is 1. The molecule has 24 heavy (non-hydrogen) atoms. The summed E-state index contributed by atoms with van der Waals surface area (Å²) in [7, 11) is 0. The van der Waals surface area contributed by atoms with Gasteiger partial charge in [-0.25, -0.2) is 13.6 Å². The molecule has 1 aliphatic heterocycles. The monoisotopic (exact) mass is 385 g/mol. The standard InChI is InChI=1S/C12H7F8NO2.ClH/c13-10(14)4-23-9(22)21-8(10)6-3-5(11(15,16)17)1-2-7(6)12(18,19)20;/h1-3,8H,4H2,(H,21,22);1H/t8-;/m0./s1. The van der Waals surface area contributed by atoms with Gasteiger partial charge in [-0.15, -0.1) is 12.4 Å². The minimum absolute atomic E-state index is 0. The fourth-order valence-corrected chi connectivity index (χ4v) is 2.05. The van der Waals surface area contributed by atoms with E-state index in [0.717, 1.165) is 0 Å². The van der Waals surface area contributed by atoms with Crippen molar-refractivity contribution in [1.29, 1.82) is 0 Å². The molecule has 1 heterocycles. The van der Waals surface area contributed by atoms with E-state index < -0.39 is 53.7 Å². The molecule has 12 heteroatoms. The zero-order chi connectivity index (χ0) is 17.6. The Morgan fingerprint density at radius 1 is 1.08 bits per heavy atom. The Morgan fingerprint density at radius 3 is 2.17 bits per heavy atom. The van der Waals surface area contributed by atoms with Gasteiger partial charge in [-0.1, -0.05) is 0 Å². The maximum Gasteiger partial charge on any atom is 0.416 e. The lowest BCUT2D eigenvalue weighted by Gasteiger charge is -2.33. The van der Waals surface area contributed by atoms with Crippen molar-refractivity contribution in [2.75, 3.05) is 6.61 Å². The minimum Gasteiger partial charge on any atom is -0.443 e. The zero-order valence-electron chi connectivity index (χ0n) is 11.3. The highest BCUT2D eigenvalue weighted by Crippen LogP contribution is 2.43. The number of amides is 1. The van der Waals surface area contributed by atoms with Crippen LogP contribution in [-0.4, -0.2) is 18.6 Å². The van der Waals surface area contributed by atoms with Gasteiger partial charge in [-0.2, -0.15) is 26.3 Å². The number of cyclic esters (lactones) is 1. The van der Waals surface area contributed by atoms with Crippen molar-refractivity contribution in [3.63, 3.8) is 0 Å². The van der Waals surface area contributed by atoms with Crippen molar-refractivity contribution in [3.05, 3.63) is 34.9 Å². The zero-order valence-corrected chi connectivity index (χ0v) is 12.1. The Bertz CT molecular complexity index is 628. The van der Waals surface area contributed by atoms with Gasteiger partial charge in [0.05, 0.1) is 11.1 Å². The summed E-state index contributed by atoms with van der Waals surface area (Å²) in [4.78, 5) is 11.0.